The van der Waals surface area contributed by atoms with Gasteiger partial charge in [-0.1, -0.05) is 12.1 Å². The maximum Gasteiger partial charge on any atom is 0.302 e. The van der Waals surface area contributed by atoms with E-state index in [2.05, 4.69) is 0 Å². The van der Waals surface area contributed by atoms with Gasteiger partial charge in [-0.2, -0.15) is 8.42 Å². The highest BCUT2D eigenvalue weighted by atomic mass is 32.3. The highest BCUT2D eigenvalue weighted by Gasteiger charge is 2.34. The molecule has 1 aromatic rings. The van der Waals surface area contributed by atoms with Crippen molar-refractivity contribution < 1.29 is 30.6 Å². The zero-order valence-corrected chi connectivity index (χ0v) is 12.2. The molecule has 1 aromatic carbocycles. The summed E-state index contributed by atoms with van der Waals surface area (Å²) in [7, 11) is -4.68. The third-order valence-corrected chi connectivity index (χ3v) is 4.03. The lowest BCUT2D eigenvalue weighted by atomic mass is 10.1. The normalized spacial score (nSPS) is 19.0. The molecule has 0 radical (unpaired) electrons. The number of para-hydroxylation sites is 2. The van der Waals surface area contributed by atoms with Crippen LogP contribution < -0.4 is 9.64 Å². The first-order valence-corrected chi connectivity index (χ1v) is 8.04. The van der Waals surface area contributed by atoms with Gasteiger partial charge in [0.25, 0.3) is 6.43 Å². The number of hydrogen-bond donors (Lipinski definition) is 0. The number of ether oxygens (including phenoxy) is 1. The highest BCUT2D eigenvalue weighted by Crippen LogP contribution is 2.33. The second-order valence-electron chi connectivity index (χ2n) is 4.95. The third-order valence-electron chi connectivity index (χ3n) is 3.16. The van der Waals surface area contributed by atoms with Crippen LogP contribution in [-0.4, -0.2) is 39.7 Å². The van der Waals surface area contributed by atoms with Gasteiger partial charge in [0.1, 0.15) is 12.4 Å². The van der Waals surface area contributed by atoms with Crippen molar-refractivity contribution in [2.45, 2.75) is 12.8 Å². The highest BCUT2D eigenvalue weighted by molar-refractivity contribution is 7.86. The lowest BCUT2D eigenvalue weighted by Gasteiger charge is -2.20. The summed E-state index contributed by atoms with van der Waals surface area (Å²) in [6.45, 7) is -0.821. The van der Waals surface area contributed by atoms with Gasteiger partial charge in [-0.25, -0.2) is 8.78 Å². The first-order chi connectivity index (χ1) is 10.3. The van der Waals surface area contributed by atoms with E-state index in [1.165, 1.54) is 17.0 Å². The summed E-state index contributed by atoms with van der Waals surface area (Å²) < 4.78 is 63.5. The zero-order valence-electron chi connectivity index (χ0n) is 11.4. The van der Waals surface area contributed by atoms with Crippen molar-refractivity contribution in [3.05, 3.63) is 24.3 Å². The molecule has 1 fully saturated rings. The van der Waals surface area contributed by atoms with E-state index in [0.717, 1.165) is 0 Å². The predicted molar refractivity (Wildman–Crippen MR) is 73.3 cm³/mol. The Bertz CT molecular complexity index is 650. The molecule has 1 atom stereocenters. The van der Waals surface area contributed by atoms with E-state index in [1.807, 2.05) is 0 Å². The average Bonchev–Trinajstić information content (AvgIpc) is 2.75. The van der Waals surface area contributed by atoms with Crippen LogP contribution in [-0.2, 0) is 15.0 Å². The molecule has 0 bridgehead atoms. The van der Waals surface area contributed by atoms with Crippen LogP contribution in [0.2, 0.25) is 0 Å². The van der Waals surface area contributed by atoms with Gasteiger partial charge < -0.3 is 9.64 Å². The number of rotatable bonds is 6. The van der Waals surface area contributed by atoms with E-state index in [9.17, 15) is 25.9 Å². The van der Waals surface area contributed by atoms with E-state index >= 15 is 0 Å². The number of anilines is 1. The van der Waals surface area contributed by atoms with Crippen LogP contribution in [0.15, 0.2) is 24.3 Å². The lowest BCUT2D eigenvalue weighted by Crippen LogP contribution is -2.26. The van der Waals surface area contributed by atoms with Crippen LogP contribution in [0.5, 0.6) is 5.75 Å². The Morgan fingerprint density at radius 3 is 2.64 bits per heavy atom. The summed E-state index contributed by atoms with van der Waals surface area (Å²) in [4.78, 5) is 13.2. The Morgan fingerprint density at radius 2 is 2.00 bits per heavy atom. The maximum absolute atomic E-state index is 12.7. The molecule has 0 spiro atoms. The first kappa shape index (κ1) is 16.6. The van der Waals surface area contributed by atoms with Crippen LogP contribution >= 0.6 is 0 Å². The molecule has 1 heterocycles. The van der Waals surface area contributed by atoms with E-state index in [4.69, 9.17) is 4.74 Å². The maximum atomic E-state index is 12.7. The number of carbonyl (C=O) groups is 1. The number of alkyl halides is 2. The van der Waals surface area contributed by atoms with E-state index in [0.29, 0.717) is 0 Å². The van der Waals surface area contributed by atoms with Crippen molar-refractivity contribution in [1.29, 1.82) is 0 Å². The van der Waals surface area contributed by atoms with Gasteiger partial charge in [-0.3, -0.25) is 4.79 Å². The molecule has 1 amide bonds. The van der Waals surface area contributed by atoms with Crippen LogP contribution in [0.25, 0.3) is 0 Å². The fourth-order valence-electron chi connectivity index (χ4n) is 2.36. The summed E-state index contributed by atoms with van der Waals surface area (Å²) in [5.74, 6) is -1.72. The second kappa shape index (κ2) is 6.55. The number of halogens is 3. The molecule has 22 heavy (non-hydrogen) atoms. The fourth-order valence-corrected chi connectivity index (χ4v) is 3.15. The van der Waals surface area contributed by atoms with Crippen LogP contribution in [0.3, 0.4) is 0 Å². The van der Waals surface area contributed by atoms with Gasteiger partial charge >= 0.3 is 10.2 Å². The average molecular weight is 337 g/mol. The minimum Gasteiger partial charge on any atom is -0.485 e. The SMILES string of the molecule is O=C1CC(CS(=O)(=O)F)CN1c1ccccc1OCC(F)F. The van der Waals surface area contributed by atoms with Crippen molar-refractivity contribution >= 4 is 21.8 Å². The molecule has 5 nitrogen and oxygen atoms in total. The number of benzene rings is 1. The van der Waals surface area contributed by atoms with E-state index in [1.54, 1.807) is 12.1 Å². The fraction of sp³-hybridized carbons (Fsp3) is 0.462. The zero-order chi connectivity index (χ0) is 16.3. The second-order valence-corrected chi connectivity index (χ2v) is 6.36. The standard InChI is InChI=1S/C13H14F3NO4S/c14-12(15)7-21-11-4-2-1-3-10(11)17-6-9(5-13(17)18)8-22(16,19)20/h1-4,9,12H,5-8H2. The third kappa shape index (κ3) is 4.36. The number of carbonyl (C=O) groups excluding carboxylic acids is 1. The topological polar surface area (TPSA) is 63.7 Å². The Kier molecular flexibility index (Phi) is 4.94. The largest absolute Gasteiger partial charge is 0.485 e. The van der Waals surface area contributed by atoms with E-state index < -0.39 is 40.8 Å². The lowest BCUT2D eigenvalue weighted by molar-refractivity contribution is -0.117. The Morgan fingerprint density at radius 1 is 1.32 bits per heavy atom. The number of nitrogens with zero attached hydrogens (tertiary/aromatic N) is 1. The summed E-state index contributed by atoms with van der Waals surface area (Å²) >= 11 is 0. The van der Waals surface area contributed by atoms with Crippen LogP contribution in [0.4, 0.5) is 18.4 Å². The molecule has 0 saturated carbocycles. The van der Waals surface area contributed by atoms with Crippen molar-refractivity contribution in [1.82, 2.24) is 0 Å². The number of hydrogen-bond acceptors (Lipinski definition) is 4. The molecule has 1 saturated heterocycles. The predicted octanol–water partition coefficient (Wildman–Crippen LogP) is 1.98. The molecule has 2 rings (SSSR count). The van der Waals surface area contributed by atoms with Gasteiger partial charge in [0.15, 0.2) is 0 Å². The minimum atomic E-state index is -4.68. The summed E-state index contributed by atoms with van der Waals surface area (Å²) in [6, 6.07) is 6.10. The van der Waals surface area contributed by atoms with Gasteiger partial charge in [-0.15, -0.1) is 3.89 Å². The monoisotopic (exact) mass is 337 g/mol. The molecule has 1 aliphatic heterocycles. The Labute approximate surface area is 125 Å². The molecular weight excluding hydrogens is 323 g/mol. The molecular formula is C13H14F3NO4S. The van der Waals surface area contributed by atoms with Gasteiger partial charge in [-0.05, 0) is 12.1 Å². The summed E-state index contributed by atoms with van der Waals surface area (Å²) in [5.41, 5.74) is 0.270. The van der Waals surface area contributed by atoms with Gasteiger partial charge in [0, 0.05) is 18.9 Å². The first-order valence-electron chi connectivity index (χ1n) is 6.49. The number of amides is 1. The van der Waals surface area contributed by atoms with Gasteiger partial charge in [0.2, 0.25) is 5.91 Å². The van der Waals surface area contributed by atoms with Crippen molar-refractivity contribution in [2.75, 3.05) is 23.8 Å². The van der Waals surface area contributed by atoms with Crippen LogP contribution in [0, 0.1) is 5.92 Å². The Hall–Kier alpha value is -1.77. The molecule has 1 unspecified atom stereocenters. The van der Waals surface area contributed by atoms with Crippen molar-refractivity contribution in [3.63, 3.8) is 0 Å². The molecule has 9 heteroatoms. The van der Waals surface area contributed by atoms with E-state index in [-0.39, 0.29) is 24.4 Å². The summed E-state index contributed by atoms with van der Waals surface area (Å²) in [6.07, 6.45) is -2.78. The van der Waals surface area contributed by atoms with Crippen LogP contribution in [0.1, 0.15) is 6.42 Å². The molecule has 122 valence electrons. The van der Waals surface area contributed by atoms with Crippen molar-refractivity contribution in [3.8, 4) is 5.75 Å². The summed E-state index contributed by atoms with van der Waals surface area (Å²) in [5, 5.41) is 0. The minimum absolute atomic E-state index is 0.00294. The van der Waals surface area contributed by atoms with Crippen molar-refractivity contribution in [2.24, 2.45) is 5.92 Å². The molecule has 1 aliphatic rings. The van der Waals surface area contributed by atoms with Gasteiger partial charge in [0.05, 0.1) is 11.4 Å². The molecule has 0 aliphatic carbocycles. The molecule has 0 N–H and O–H groups in total. The Balaban J connectivity index is 2.16. The smallest absolute Gasteiger partial charge is 0.302 e. The molecule has 0 aromatic heterocycles. The quantitative estimate of drug-likeness (QED) is 0.745.